The second-order valence-electron chi connectivity index (χ2n) is 6.26. The van der Waals surface area contributed by atoms with Crippen molar-refractivity contribution >= 4 is 23.5 Å². The Kier molecular flexibility index (Phi) is 4.21. The van der Waals surface area contributed by atoms with Crippen LogP contribution in [0, 0.1) is 13.8 Å². The van der Waals surface area contributed by atoms with Gasteiger partial charge in [-0.25, -0.2) is 4.79 Å². The van der Waals surface area contributed by atoms with Gasteiger partial charge in [0.15, 0.2) is 11.5 Å². The minimum atomic E-state index is -0.0732. The normalized spacial score (nSPS) is 18.5. The van der Waals surface area contributed by atoms with Crippen LogP contribution in [-0.4, -0.2) is 30.0 Å². The molecule has 0 aromatic heterocycles. The number of anilines is 1. The second-order valence-corrected chi connectivity index (χ2v) is 7.45. The molecule has 0 unspecified atom stereocenters. The molecular formula is C19H20N2O3S. The zero-order chi connectivity index (χ0) is 17.4. The van der Waals surface area contributed by atoms with Crippen molar-refractivity contribution in [2.45, 2.75) is 19.2 Å². The first-order valence-electron chi connectivity index (χ1n) is 8.28. The van der Waals surface area contributed by atoms with Crippen molar-refractivity contribution < 1.29 is 14.3 Å². The van der Waals surface area contributed by atoms with Gasteiger partial charge in [0.1, 0.15) is 5.37 Å². The van der Waals surface area contributed by atoms with E-state index in [9.17, 15) is 4.79 Å². The van der Waals surface area contributed by atoms with Crippen molar-refractivity contribution in [3.05, 3.63) is 53.1 Å². The molecule has 6 heteroatoms. The van der Waals surface area contributed by atoms with Crippen molar-refractivity contribution in [2.75, 3.05) is 24.4 Å². The third-order valence-electron chi connectivity index (χ3n) is 4.59. The van der Waals surface area contributed by atoms with Crippen LogP contribution in [0.25, 0.3) is 0 Å². The standard InChI is InChI=1S/C19H20N2O3S/c1-12-3-5-15(9-13(12)2)20-19(22)21-7-8-25-18(21)14-4-6-16-17(10-14)24-11-23-16/h3-6,9-10,18H,7-8,11H2,1-2H3,(H,20,22)/t18-/m1/s1. The molecule has 1 fully saturated rings. The number of benzene rings is 2. The summed E-state index contributed by atoms with van der Waals surface area (Å²) in [5.74, 6) is 2.43. The number of fused-ring (bicyclic) bond motifs is 1. The summed E-state index contributed by atoms with van der Waals surface area (Å²) in [5, 5.41) is 3.01. The summed E-state index contributed by atoms with van der Waals surface area (Å²) in [4.78, 5) is 14.6. The van der Waals surface area contributed by atoms with Crippen LogP contribution < -0.4 is 14.8 Å². The summed E-state index contributed by atoms with van der Waals surface area (Å²) >= 11 is 1.76. The lowest BCUT2D eigenvalue weighted by Crippen LogP contribution is -2.34. The van der Waals surface area contributed by atoms with E-state index in [-0.39, 0.29) is 18.2 Å². The lowest BCUT2D eigenvalue weighted by Gasteiger charge is -2.24. The van der Waals surface area contributed by atoms with E-state index in [0.717, 1.165) is 35.0 Å². The predicted molar refractivity (Wildman–Crippen MR) is 99.4 cm³/mol. The maximum atomic E-state index is 12.8. The average Bonchev–Trinajstić information content (AvgIpc) is 3.26. The number of thioether (sulfide) groups is 1. The van der Waals surface area contributed by atoms with Gasteiger partial charge in [-0.2, -0.15) is 0 Å². The van der Waals surface area contributed by atoms with Gasteiger partial charge in [0, 0.05) is 18.0 Å². The predicted octanol–water partition coefficient (Wildman–Crippen LogP) is 4.31. The summed E-state index contributed by atoms with van der Waals surface area (Å²) in [6.07, 6.45) is 0. The molecule has 130 valence electrons. The van der Waals surface area contributed by atoms with E-state index in [1.165, 1.54) is 11.1 Å². The number of rotatable bonds is 2. The largest absolute Gasteiger partial charge is 0.454 e. The number of carbonyl (C=O) groups excluding carboxylic acids is 1. The van der Waals surface area contributed by atoms with Gasteiger partial charge in [-0.1, -0.05) is 12.1 Å². The Bertz CT molecular complexity index is 824. The molecule has 0 radical (unpaired) electrons. The zero-order valence-corrected chi connectivity index (χ0v) is 15.1. The molecule has 2 aromatic carbocycles. The van der Waals surface area contributed by atoms with E-state index in [2.05, 4.69) is 12.2 Å². The van der Waals surface area contributed by atoms with E-state index in [1.807, 2.05) is 48.2 Å². The molecule has 2 heterocycles. The Balaban J connectivity index is 1.52. The third kappa shape index (κ3) is 3.14. The third-order valence-corrected chi connectivity index (χ3v) is 5.85. The first-order valence-corrected chi connectivity index (χ1v) is 9.33. The summed E-state index contributed by atoms with van der Waals surface area (Å²) in [6.45, 7) is 5.09. The average molecular weight is 356 g/mol. The molecule has 2 aliphatic heterocycles. The van der Waals surface area contributed by atoms with E-state index in [1.54, 1.807) is 11.8 Å². The molecule has 1 atom stereocenters. The van der Waals surface area contributed by atoms with Crippen molar-refractivity contribution in [3.8, 4) is 11.5 Å². The van der Waals surface area contributed by atoms with Crippen LogP contribution in [0.5, 0.6) is 11.5 Å². The Morgan fingerprint density at radius 2 is 1.96 bits per heavy atom. The first-order chi connectivity index (χ1) is 12.1. The van der Waals surface area contributed by atoms with Crippen LogP contribution in [-0.2, 0) is 0 Å². The minimum absolute atomic E-state index is 0.0129. The quantitative estimate of drug-likeness (QED) is 0.871. The molecule has 0 aliphatic carbocycles. The fraction of sp³-hybridized carbons (Fsp3) is 0.316. The summed E-state index contributed by atoms with van der Waals surface area (Å²) < 4.78 is 10.8. The highest BCUT2D eigenvalue weighted by molar-refractivity contribution is 7.99. The molecule has 5 nitrogen and oxygen atoms in total. The zero-order valence-electron chi connectivity index (χ0n) is 14.2. The molecule has 4 rings (SSSR count). The highest BCUT2D eigenvalue weighted by atomic mass is 32.2. The van der Waals surface area contributed by atoms with Crippen LogP contribution in [0.1, 0.15) is 22.1 Å². The van der Waals surface area contributed by atoms with Crippen LogP contribution in [0.3, 0.4) is 0 Å². The fourth-order valence-corrected chi connectivity index (χ4v) is 4.28. The van der Waals surface area contributed by atoms with Crippen LogP contribution in [0.4, 0.5) is 10.5 Å². The molecule has 0 saturated carbocycles. The van der Waals surface area contributed by atoms with Crippen LogP contribution in [0.15, 0.2) is 36.4 Å². The number of ether oxygens (including phenoxy) is 2. The number of nitrogens with zero attached hydrogens (tertiary/aromatic N) is 1. The van der Waals surface area contributed by atoms with Crippen molar-refractivity contribution in [1.82, 2.24) is 4.90 Å². The maximum Gasteiger partial charge on any atom is 0.323 e. The Morgan fingerprint density at radius 3 is 2.80 bits per heavy atom. The SMILES string of the molecule is Cc1ccc(NC(=O)N2CCS[C@@H]2c2ccc3c(c2)OCO3)cc1C. The van der Waals surface area contributed by atoms with Crippen molar-refractivity contribution in [2.24, 2.45) is 0 Å². The van der Waals surface area contributed by atoms with E-state index in [0.29, 0.717) is 0 Å². The monoisotopic (exact) mass is 356 g/mol. The van der Waals surface area contributed by atoms with E-state index < -0.39 is 0 Å². The molecule has 25 heavy (non-hydrogen) atoms. The highest BCUT2D eigenvalue weighted by Crippen LogP contribution is 2.42. The smallest absolute Gasteiger partial charge is 0.323 e. The molecule has 1 saturated heterocycles. The van der Waals surface area contributed by atoms with Gasteiger partial charge in [0.25, 0.3) is 0 Å². The van der Waals surface area contributed by atoms with Gasteiger partial charge < -0.3 is 19.7 Å². The molecule has 1 N–H and O–H groups in total. The number of hydrogen-bond donors (Lipinski definition) is 1. The summed E-state index contributed by atoms with van der Waals surface area (Å²) in [7, 11) is 0. The maximum absolute atomic E-state index is 12.8. The number of carbonyl (C=O) groups is 1. The molecule has 2 aromatic rings. The number of nitrogens with one attached hydrogen (secondary N) is 1. The van der Waals surface area contributed by atoms with Gasteiger partial charge >= 0.3 is 6.03 Å². The lowest BCUT2D eigenvalue weighted by atomic mass is 10.1. The molecule has 2 aliphatic rings. The lowest BCUT2D eigenvalue weighted by molar-refractivity contribution is 0.174. The van der Waals surface area contributed by atoms with E-state index in [4.69, 9.17) is 9.47 Å². The molecule has 2 amide bonds. The second kappa shape index (κ2) is 6.52. The number of urea groups is 1. The topological polar surface area (TPSA) is 50.8 Å². The van der Waals surface area contributed by atoms with Gasteiger partial charge in [-0.05, 0) is 54.8 Å². The Labute approximate surface area is 151 Å². The van der Waals surface area contributed by atoms with Gasteiger partial charge in [-0.3, -0.25) is 0 Å². The number of aryl methyl sites for hydroxylation is 2. The minimum Gasteiger partial charge on any atom is -0.454 e. The molecule has 0 spiro atoms. The van der Waals surface area contributed by atoms with Crippen LogP contribution in [0.2, 0.25) is 0 Å². The Hall–Kier alpha value is -2.34. The molecule has 0 bridgehead atoms. The number of amides is 2. The van der Waals surface area contributed by atoms with Crippen molar-refractivity contribution in [1.29, 1.82) is 0 Å². The van der Waals surface area contributed by atoms with Gasteiger partial charge in [0.2, 0.25) is 6.79 Å². The Morgan fingerprint density at radius 1 is 1.12 bits per heavy atom. The van der Waals surface area contributed by atoms with E-state index >= 15 is 0 Å². The van der Waals surface area contributed by atoms with Gasteiger partial charge in [-0.15, -0.1) is 11.8 Å². The first kappa shape index (κ1) is 16.1. The van der Waals surface area contributed by atoms with Crippen molar-refractivity contribution in [3.63, 3.8) is 0 Å². The van der Waals surface area contributed by atoms with Crippen LogP contribution >= 0.6 is 11.8 Å². The summed E-state index contributed by atoms with van der Waals surface area (Å²) in [6, 6.07) is 11.8. The fourth-order valence-electron chi connectivity index (χ4n) is 3.04. The number of hydrogen-bond acceptors (Lipinski definition) is 4. The highest BCUT2D eigenvalue weighted by Gasteiger charge is 2.31. The molecular weight excluding hydrogens is 336 g/mol. The van der Waals surface area contributed by atoms with Gasteiger partial charge in [0.05, 0.1) is 0 Å². The summed E-state index contributed by atoms with van der Waals surface area (Å²) in [5.41, 5.74) is 4.27.